The van der Waals surface area contributed by atoms with Crippen LogP contribution in [0.4, 0.5) is 28.4 Å². The van der Waals surface area contributed by atoms with Crippen LogP contribution in [0.15, 0.2) is 146 Å². The van der Waals surface area contributed by atoms with E-state index < -0.39 is 0 Å². The summed E-state index contributed by atoms with van der Waals surface area (Å²) in [7, 11) is 0. The van der Waals surface area contributed by atoms with Crippen LogP contribution in [0.2, 0.25) is 0 Å². The number of anilines is 5. The van der Waals surface area contributed by atoms with Crippen molar-refractivity contribution in [1.82, 2.24) is 0 Å². The minimum Gasteiger partial charge on any atom is -0.458 e. The number of aryl methyl sites for hydroxylation is 10. The molecule has 2 aromatic heterocycles. The van der Waals surface area contributed by atoms with Crippen LogP contribution >= 0.6 is 22.7 Å². The zero-order chi connectivity index (χ0) is 57.3. The van der Waals surface area contributed by atoms with Crippen LogP contribution in [0.1, 0.15) is 55.6 Å². The third-order valence-corrected chi connectivity index (χ3v) is 21.5. The molecule has 10 aromatic carbocycles. The summed E-state index contributed by atoms with van der Waals surface area (Å²) in [4.78, 5) is 2.58. The molecule has 0 radical (unpaired) electrons. The Morgan fingerprint density at radius 2 is 0.835 bits per heavy atom. The highest BCUT2D eigenvalue weighted by atomic mass is 32.1. The fraction of sp³-hybridized carbons (Fsp3) is 0.135. The van der Waals surface area contributed by atoms with Gasteiger partial charge in [0, 0.05) is 64.0 Å². The smallest absolute Gasteiger partial charge is 0.273 e. The maximum absolute atomic E-state index is 7.64. The number of rotatable bonds is 3. The number of benzene rings is 10. The second-order valence-corrected chi connectivity index (χ2v) is 27.2. The van der Waals surface area contributed by atoms with E-state index in [0.717, 1.165) is 118 Å². The second-order valence-electron chi connectivity index (χ2n) is 25.0. The molecule has 0 unspecified atom stereocenters. The normalized spacial score (nSPS) is 13.9. The molecule has 0 spiro atoms. The molecule has 18 rings (SSSR count). The fourth-order valence-electron chi connectivity index (χ4n) is 16.2. The summed E-state index contributed by atoms with van der Waals surface area (Å²) in [5, 5.41) is 6.35. The number of nitrogens with zero attached hydrogens (tertiary/aromatic N) is 1. The monoisotopic (exact) mass is 1130 g/mol. The largest absolute Gasteiger partial charge is 0.458 e. The third-order valence-electron chi connectivity index (χ3n) is 19.0. The Bertz CT molecular complexity index is 5040. The first-order chi connectivity index (χ1) is 41.2. The first-order valence-corrected chi connectivity index (χ1v) is 31.2. The molecule has 0 saturated heterocycles. The van der Waals surface area contributed by atoms with Crippen LogP contribution in [0.5, 0.6) is 46.0 Å². The molecule has 0 saturated carbocycles. The molecule has 85 heavy (non-hydrogen) atoms. The fourth-order valence-corrected chi connectivity index (χ4v) is 18.7. The molecule has 406 valence electrons. The minimum absolute atomic E-state index is 0.0718. The van der Waals surface area contributed by atoms with Gasteiger partial charge in [-0.25, -0.2) is 0 Å². The third kappa shape index (κ3) is 6.91. The lowest BCUT2D eigenvalue weighted by Crippen LogP contribution is -2.64. The summed E-state index contributed by atoms with van der Waals surface area (Å²) in [6.07, 6.45) is 0. The van der Waals surface area contributed by atoms with Crippen LogP contribution < -0.4 is 77.0 Å². The SMILES string of the molecule is Cc1cc(C)c(-c2cc3c4c(c2)Oc2c(sc5ccccc25)B4c2cc4c(cc2O3)Oc2cc(-c3c(C)cc(C)cc3C)cc3c2B4c2cc4c(cc2N3c2c(C)cc(C)cc2C)Nc2cc(C)cc3c2B4c2sc4ccccc4c2O3)c(C)c1. The number of hydrogen-bond donors (Lipinski definition) is 1. The number of thiophene rings is 2. The molecular weight excluding hydrogens is 1080 g/mol. The van der Waals surface area contributed by atoms with Gasteiger partial charge in [-0.05, 0) is 230 Å². The van der Waals surface area contributed by atoms with E-state index in [1.807, 2.05) is 22.7 Å². The summed E-state index contributed by atoms with van der Waals surface area (Å²) in [6.45, 7) is 21.8. The molecule has 11 heteroatoms. The van der Waals surface area contributed by atoms with Gasteiger partial charge in [-0.3, -0.25) is 0 Å². The van der Waals surface area contributed by atoms with E-state index >= 15 is 0 Å². The van der Waals surface area contributed by atoms with E-state index in [1.165, 1.54) is 102 Å². The van der Waals surface area contributed by atoms with Crippen LogP contribution in [0, 0.1) is 69.2 Å². The molecule has 0 bridgehead atoms. The van der Waals surface area contributed by atoms with Gasteiger partial charge in [0.2, 0.25) is 0 Å². The molecule has 6 aliphatic heterocycles. The van der Waals surface area contributed by atoms with Crippen molar-refractivity contribution >= 4 is 139 Å². The van der Waals surface area contributed by atoms with Crippen molar-refractivity contribution in [2.45, 2.75) is 69.2 Å². The van der Waals surface area contributed by atoms with Crippen molar-refractivity contribution in [3.8, 4) is 68.2 Å². The van der Waals surface area contributed by atoms with Crippen molar-refractivity contribution in [1.29, 1.82) is 0 Å². The molecule has 8 heterocycles. The van der Waals surface area contributed by atoms with Gasteiger partial charge in [0.15, 0.2) is 0 Å². The Morgan fingerprint density at radius 1 is 0.365 bits per heavy atom. The van der Waals surface area contributed by atoms with Gasteiger partial charge in [0.1, 0.15) is 46.0 Å². The van der Waals surface area contributed by atoms with Crippen molar-refractivity contribution < 1.29 is 18.9 Å². The van der Waals surface area contributed by atoms with E-state index in [1.54, 1.807) is 0 Å². The highest BCUT2D eigenvalue weighted by molar-refractivity contribution is 7.34. The van der Waals surface area contributed by atoms with E-state index in [2.05, 4.69) is 225 Å². The van der Waals surface area contributed by atoms with Crippen LogP contribution in [0.3, 0.4) is 0 Å². The number of hydrogen-bond acceptors (Lipinski definition) is 8. The lowest BCUT2D eigenvalue weighted by molar-refractivity contribution is 0.458. The average molecular weight is 1130 g/mol. The first kappa shape index (κ1) is 49.5. The minimum atomic E-state index is -0.242. The lowest BCUT2D eigenvalue weighted by Gasteiger charge is -2.43. The molecule has 1 N–H and O–H groups in total. The van der Waals surface area contributed by atoms with Gasteiger partial charge in [0.05, 0.1) is 5.69 Å². The van der Waals surface area contributed by atoms with E-state index in [9.17, 15) is 0 Å². The summed E-state index contributed by atoms with van der Waals surface area (Å²) < 4.78 is 34.2. The zero-order valence-corrected chi connectivity index (χ0v) is 50.6. The Morgan fingerprint density at radius 3 is 1.42 bits per heavy atom. The summed E-state index contributed by atoms with van der Waals surface area (Å²) in [6, 6.07) is 54.8. The Hall–Kier alpha value is -8.89. The quantitative estimate of drug-likeness (QED) is 0.178. The van der Waals surface area contributed by atoms with E-state index in [-0.39, 0.29) is 20.1 Å². The lowest BCUT2D eigenvalue weighted by atomic mass is 9.30. The van der Waals surface area contributed by atoms with Gasteiger partial charge < -0.3 is 29.2 Å². The van der Waals surface area contributed by atoms with Gasteiger partial charge in [-0.1, -0.05) is 89.5 Å². The van der Waals surface area contributed by atoms with Crippen molar-refractivity contribution in [2.75, 3.05) is 10.2 Å². The Labute approximate surface area is 503 Å². The van der Waals surface area contributed by atoms with Crippen molar-refractivity contribution in [3.63, 3.8) is 0 Å². The maximum Gasteiger partial charge on any atom is 0.273 e. The summed E-state index contributed by atoms with van der Waals surface area (Å²) in [5.74, 6) is 6.89. The van der Waals surface area contributed by atoms with Crippen LogP contribution in [0.25, 0.3) is 42.4 Å². The van der Waals surface area contributed by atoms with Crippen LogP contribution in [-0.2, 0) is 0 Å². The summed E-state index contributed by atoms with van der Waals surface area (Å²) in [5.41, 5.74) is 30.6. The molecule has 6 nitrogen and oxygen atoms in total. The molecule has 6 aliphatic rings. The molecule has 0 aliphatic carbocycles. The van der Waals surface area contributed by atoms with Gasteiger partial charge in [0.25, 0.3) is 20.1 Å². The van der Waals surface area contributed by atoms with E-state index in [0.29, 0.717) is 0 Å². The molecule has 0 fully saturated rings. The molecule has 12 aromatic rings. The predicted molar refractivity (Wildman–Crippen MR) is 360 cm³/mol. The molecular formula is C74H55B3N2O4S2. The van der Waals surface area contributed by atoms with Gasteiger partial charge in [-0.2, -0.15) is 0 Å². The zero-order valence-electron chi connectivity index (χ0n) is 49.0. The maximum atomic E-state index is 7.64. The number of fused-ring (bicyclic) bond motifs is 16. The van der Waals surface area contributed by atoms with Gasteiger partial charge >= 0.3 is 0 Å². The van der Waals surface area contributed by atoms with Crippen molar-refractivity contribution in [2.24, 2.45) is 0 Å². The topological polar surface area (TPSA) is 52.2 Å². The first-order valence-electron chi connectivity index (χ1n) is 29.6. The summed E-state index contributed by atoms with van der Waals surface area (Å²) >= 11 is 3.69. The Kier molecular flexibility index (Phi) is 10.1. The number of ether oxygens (including phenoxy) is 4. The predicted octanol–water partition coefficient (Wildman–Crippen LogP) is 14.3. The molecule has 0 atom stereocenters. The average Bonchev–Trinajstić information content (AvgIpc) is 1.43. The van der Waals surface area contributed by atoms with E-state index in [4.69, 9.17) is 18.9 Å². The highest BCUT2D eigenvalue weighted by Gasteiger charge is 2.50. The molecule has 0 amide bonds. The number of nitrogens with one attached hydrogen (secondary N) is 1. The standard InChI is InChI=1S/C74H55B3N2O4S2/c1-35-19-39(5)65(40(6)20-35)45-27-56-68-60(28-45)80-57-34-58-52(77-69-61(81-58)29-46(66-41(7)21-36(2)22-42(66)8)30-62(69)83-72-48-16-12-14-18-64(48)85-74(72)77)32-51(57)75(68)50-31-49-53(33-55(50)79(56)70-43(9)23-37(3)24-44(70)10)78-54-25-38(4)26-59-67(54)76(49)73-71(82-59)47-15-11-13-17-63(47)84-73/h11-34,78H,1-10H3. The van der Waals surface area contributed by atoms with Crippen LogP contribution in [-0.4, -0.2) is 20.1 Å². The van der Waals surface area contributed by atoms with Crippen molar-refractivity contribution in [3.05, 3.63) is 201 Å². The van der Waals surface area contributed by atoms with Gasteiger partial charge in [-0.15, -0.1) is 22.7 Å². The highest BCUT2D eigenvalue weighted by Crippen LogP contribution is 2.50. The Balaban J connectivity index is 0.928. The second kappa shape index (κ2) is 17.4.